The molecule has 0 saturated carbocycles. The van der Waals surface area contributed by atoms with E-state index in [0.717, 1.165) is 22.6 Å². The van der Waals surface area contributed by atoms with E-state index >= 15 is 0 Å². The molecule has 0 aromatic heterocycles. The van der Waals surface area contributed by atoms with Gasteiger partial charge in [-0.2, -0.15) is 0 Å². The SMILES string of the molecule is COc1ccc(CNC(=O)[C@@H]2CN(Cc3ccc(OC)cc3)C(=O)[C@H]2CCO)cc1. The summed E-state index contributed by atoms with van der Waals surface area (Å²) in [4.78, 5) is 27.4. The number of ether oxygens (including phenoxy) is 2. The maximum absolute atomic E-state index is 12.9. The highest BCUT2D eigenvalue weighted by Crippen LogP contribution is 2.29. The standard InChI is InChI=1S/C23H28N2O5/c1-29-18-7-3-16(4-8-18)13-24-22(27)21-15-25(23(28)20(21)11-12-26)14-17-5-9-19(30-2)10-6-17/h3-10,20-21,26H,11-15H2,1-2H3,(H,24,27)/t20-,21+/m0/s1. The molecule has 0 radical (unpaired) electrons. The number of benzene rings is 2. The molecule has 2 atom stereocenters. The number of rotatable bonds is 9. The number of hydrogen-bond acceptors (Lipinski definition) is 5. The van der Waals surface area contributed by atoms with Crippen molar-refractivity contribution >= 4 is 11.8 Å². The first-order valence-corrected chi connectivity index (χ1v) is 9.99. The van der Waals surface area contributed by atoms with E-state index in [1.165, 1.54) is 0 Å². The van der Waals surface area contributed by atoms with Crippen molar-refractivity contribution in [3.63, 3.8) is 0 Å². The smallest absolute Gasteiger partial charge is 0.226 e. The molecule has 3 rings (SSSR count). The minimum atomic E-state index is -0.510. The van der Waals surface area contributed by atoms with Crippen LogP contribution in [0.1, 0.15) is 17.5 Å². The molecule has 30 heavy (non-hydrogen) atoms. The van der Waals surface area contributed by atoms with E-state index in [4.69, 9.17) is 9.47 Å². The van der Waals surface area contributed by atoms with Gasteiger partial charge in [0.2, 0.25) is 11.8 Å². The number of methoxy groups -OCH3 is 2. The molecule has 2 N–H and O–H groups in total. The summed E-state index contributed by atoms with van der Waals surface area (Å²) >= 11 is 0. The van der Waals surface area contributed by atoms with E-state index in [1.54, 1.807) is 19.1 Å². The van der Waals surface area contributed by atoms with Gasteiger partial charge in [-0.3, -0.25) is 9.59 Å². The van der Waals surface area contributed by atoms with Crippen LogP contribution in [0.25, 0.3) is 0 Å². The molecule has 0 spiro atoms. The van der Waals surface area contributed by atoms with Gasteiger partial charge in [0.15, 0.2) is 0 Å². The summed E-state index contributed by atoms with van der Waals surface area (Å²) in [6.07, 6.45) is 0.276. The normalized spacial score (nSPS) is 18.4. The van der Waals surface area contributed by atoms with Crippen LogP contribution in [0.5, 0.6) is 11.5 Å². The van der Waals surface area contributed by atoms with Gasteiger partial charge in [-0.1, -0.05) is 24.3 Å². The molecule has 1 aliphatic rings. The predicted octanol–water partition coefficient (Wildman–Crippen LogP) is 1.98. The van der Waals surface area contributed by atoms with E-state index in [0.29, 0.717) is 19.6 Å². The molecule has 1 aliphatic heterocycles. The van der Waals surface area contributed by atoms with Gasteiger partial charge >= 0.3 is 0 Å². The van der Waals surface area contributed by atoms with Crippen molar-refractivity contribution in [1.82, 2.24) is 10.2 Å². The van der Waals surface area contributed by atoms with E-state index in [9.17, 15) is 14.7 Å². The summed E-state index contributed by atoms with van der Waals surface area (Å²) in [6.45, 7) is 1.00. The largest absolute Gasteiger partial charge is 0.497 e. The summed E-state index contributed by atoms with van der Waals surface area (Å²) in [5.74, 6) is 0.244. The molecule has 0 unspecified atom stereocenters. The second-order valence-electron chi connectivity index (χ2n) is 7.36. The van der Waals surface area contributed by atoms with E-state index in [2.05, 4.69) is 5.32 Å². The first-order valence-electron chi connectivity index (χ1n) is 9.99. The fraction of sp³-hybridized carbons (Fsp3) is 0.391. The molecule has 160 valence electrons. The molecule has 7 nitrogen and oxygen atoms in total. The number of hydrogen-bond donors (Lipinski definition) is 2. The highest BCUT2D eigenvalue weighted by atomic mass is 16.5. The summed E-state index contributed by atoms with van der Waals surface area (Å²) in [6, 6.07) is 15.0. The number of nitrogens with zero attached hydrogens (tertiary/aromatic N) is 1. The lowest BCUT2D eigenvalue weighted by Gasteiger charge is -2.17. The molecule has 1 saturated heterocycles. The molecule has 2 amide bonds. The Labute approximate surface area is 176 Å². The predicted molar refractivity (Wildman–Crippen MR) is 112 cm³/mol. The Kier molecular flexibility index (Phi) is 7.30. The molecule has 1 heterocycles. The third kappa shape index (κ3) is 5.10. The maximum Gasteiger partial charge on any atom is 0.226 e. The van der Waals surface area contributed by atoms with E-state index in [-0.39, 0.29) is 24.8 Å². The third-order valence-electron chi connectivity index (χ3n) is 5.47. The van der Waals surface area contributed by atoms with Crippen LogP contribution in [-0.4, -0.2) is 49.2 Å². The van der Waals surface area contributed by atoms with Crippen LogP contribution >= 0.6 is 0 Å². The van der Waals surface area contributed by atoms with E-state index in [1.807, 2.05) is 48.5 Å². The molecule has 0 aliphatic carbocycles. The number of amides is 2. The maximum atomic E-state index is 12.9. The van der Waals surface area contributed by atoms with Crippen molar-refractivity contribution in [2.75, 3.05) is 27.4 Å². The average molecular weight is 412 g/mol. The highest BCUT2D eigenvalue weighted by molar-refractivity contribution is 5.91. The second-order valence-corrected chi connectivity index (χ2v) is 7.36. The first-order chi connectivity index (χ1) is 14.5. The van der Waals surface area contributed by atoms with Gasteiger partial charge < -0.3 is 24.8 Å². The number of aliphatic hydroxyl groups excluding tert-OH is 1. The van der Waals surface area contributed by atoms with E-state index < -0.39 is 11.8 Å². The third-order valence-corrected chi connectivity index (χ3v) is 5.47. The van der Waals surface area contributed by atoms with Crippen LogP contribution in [0.3, 0.4) is 0 Å². The molecular formula is C23H28N2O5. The summed E-state index contributed by atoms with van der Waals surface area (Å²) < 4.78 is 10.3. The van der Waals surface area contributed by atoms with Gasteiger partial charge in [0, 0.05) is 26.2 Å². The summed E-state index contributed by atoms with van der Waals surface area (Å²) in [7, 11) is 3.21. The summed E-state index contributed by atoms with van der Waals surface area (Å²) in [5.41, 5.74) is 1.91. The van der Waals surface area contributed by atoms with Crippen LogP contribution in [0.4, 0.5) is 0 Å². The molecule has 7 heteroatoms. The van der Waals surface area contributed by atoms with Crippen molar-refractivity contribution in [2.45, 2.75) is 19.5 Å². The fourth-order valence-corrected chi connectivity index (χ4v) is 3.75. The Morgan fingerprint density at radius 2 is 1.60 bits per heavy atom. The van der Waals surface area contributed by atoms with Gasteiger partial charge in [0.05, 0.1) is 26.1 Å². The van der Waals surface area contributed by atoms with Crippen molar-refractivity contribution in [3.05, 3.63) is 59.7 Å². The fourth-order valence-electron chi connectivity index (χ4n) is 3.75. The van der Waals surface area contributed by atoms with Crippen LogP contribution < -0.4 is 14.8 Å². The topological polar surface area (TPSA) is 88.1 Å². The van der Waals surface area contributed by atoms with Crippen LogP contribution in [0.15, 0.2) is 48.5 Å². The van der Waals surface area contributed by atoms with Gasteiger partial charge in [0.1, 0.15) is 11.5 Å². The molecule has 0 bridgehead atoms. The van der Waals surface area contributed by atoms with Crippen molar-refractivity contribution in [1.29, 1.82) is 0 Å². The Morgan fingerprint density at radius 3 is 2.13 bits per heavy atom. The monoisotopic (exact) mass is 412 g/mol. The Balaban J connectivity index is 1.64. The molecular weight excluding hydrogens is 384 g/mol. The van der Waals surface area contributed by atoms with Gasteiger partial charge in [0.25, 0.3) is 0 Å². The van der Waals surface area contributed by atoms with Gasteiger partial charge in [-0.25, -0.2) is 0 Å². The quantitative estimate of drug-likeness (QED) is 0.658. The van der Waals surface area contributed by atoms with Crippen LogP contribution in [0, 0.1) is 11.8 Å². The lowest BCUT2D eigenvalue weighted by molar-refractivity contribution is -0.134. The molecule has 1 fully saturated rings. The van der Waals surface area contributed by atoms with Gasteiger partial charge in [-0.05, 0) is 41.8 Å². The number of carbonyl (C=O) groups excluding carboxylic acids is 2. The molecule has 2 aromatic carbocycles. The van der Waals surface area contributed by atoms with Crippen LogP contribution in [0.2, 0.25) is 0 Å². The van der Waals surface area contributed by atoms with Crippen molar-refractivity contribution in [3.8, 4) is 11.5 Å². The minimum Gasteiger partial charge on any atom is -0.497 e. The molecule has 2 aromatic rings. The average Bonchev–Trinajstić information content (AvgIpc) is 3.08. The Bertz CT molecular complexity index is 851. The van der Waals surface area contributed by atoms with Crippen molar-refractivity contribution < 1.29 is 24.2 Å². The Morgan fingerprint density at radius 1 is 1.03 bits per heavy atom. The zero-order chi connectivity index (χ0) is 21.5. The summed E-state index contributed by atoms with van der Waals surface area (Å²) in [5, 5.41) is 12.3. The number of nitrogens with one attached hydrogen (secondary N) is 1. The zero-order valence-corrected chi connectivity index (χ0v) is 17.3. The Hall–Kier alpha value is -3.06. The first kappa shape index (κ1) is 21.6. The highest BCUT2D eigenvalue weighted by Gasteiger charge is 2.43. The van der Waals surface area contributed by atoms with Gasteiger partial charge in [-0.15, -0.1) is 0 Å². The number of carbonyl (C=O) groups is 2. The zero-order valence-electron chi connectivity index (χ0n) is 17.3. The lowest BCUT2D eigenvalue weighted by Crippen LogP contribution is -2.35. The van der Waals surface area contributed by atoms with Crippen molar-refractivity contribution in [2.24, 2.45) is 11.8 Å². The van der Waals surface area contributed by atoms with Crippen LogP contribution in [-0.2, 0) is 22.7 Å². The number of likely N-dealkylation sites (tertiary alicyclic amines) is 1. The minimum absolute atomic E-state index is 0.0931. The lowest BCUT2D eigenvalue weighted by atomic mass is 9.92. The second kappa shape index (κ2) is 10.1. The number of aliphatic hydroxyl groups is 1.